The zero-order chi connectivity index (χ0) is 22.9. The van der Waals surface area contributed by atoms with Crippen molar-refractivity contribution in [3.8, 4) is 17.2 Å². The van der Waals surface area contributed by atoms with Gasteiger partial charge in [0.1, 0.15) is 5.75 Å². The normalized spacial score (nSPS) is 13.7. The molecule has 0 aliphatic carbocycles. The Morgan fingerprint density at radius 1 is 1.09 bits per heavy atom. The third-order valence-corrected chi connectivity index (χ3v) is 5.14. The third-order valence-electron chi connectivity index (χ3n) is 5.14. The van der Waals surface area contributed by atoms with Gasteiger partial charge in [-0.05, 0) is 49.6 Å². The highest BCUT2D eigenvalue weighted by Crippen LogP contribution is 2.32. The molecule has 1 unspecified atom stereocenters. The zero-order valence-electron chi connectivity index (χ0n) is 19.1. The molecule has 7 nitrogen and oxygen atoms in total. The molecule has 0 saturated carbocycles. The van der Waals surface area contributed by atoms with Crippen molar-refractivity contribution in [3.63, 3.8) is 0 Å². The Balaban J connectivity index is 1.61. The molecule has 172 valence electrons. The van der Waals surface area contributed by atoms with Crippen LogP contribution >= 0.6 is 0 Å². The molecule has 1 atom stereocenters. The molecule has 32 heavy (non-hydrogen) atoms. The Hall–Kier alpha value is -3.22. The molecule has 7 heteroatoms. The van der Waals surface area contributed by atoms with Crippen LogP contribution in [0.4, 0.5) is 5.69 Å². The molecule has 0 spiro atoms. The van der Waals surface area contributed by atoms with Crippen molar-refractivity contribution in [3.05, 3.63) is 48.0 Å². The summed E-state index contributed by atoms with van der Waals surface area (Å²) >= 11 is 0. The van der Waals surface area contributed by atoms with Crippen molar-refractivity contribution in [1.82, 2.24) is 5.32 Å². The zero-order valence-corrected chi connectivity index (χ0v) is 19.1. The number of nitrogens with zero attached hydrogens (tertiary/aromatic N) is 1. The van der Waals surface area contributed by atoms with Crippen LogP contribution < -0.4 is 24.4 Å². The van der Waals surface area contributed by atoms with Crippen LogP contribution in [0, 0.1) is 0 Å². The topological polar surface area (TPSA) is 77.1 Å². The minimum Gasteiger partial charge on any atom is -0.490 e. The Morgan fingerprint density at radius 2 is 1.81 bits per heavy atom. The number of hydrogen-bond acceptors (Lipinski definition) is 5. The van der Waals surface area contributed by atoms with Gasteiger partial charge in [0.15, 0.2) is 18.1 Å². The lowest BCUT2D eigenvalue weighted by molar-refractivity contribution is -0.122. The van der Waals surface area contributed by atoms with Gasteiger partial charge in [-0.15, -0.1) is 0 Å². The number of benzene rings is 2. The molecule has 1 N–H and O–H groups in total. The Bertz CT molecular complexity index is 930. The number of carbonyl (C=O) groups excluding carboxylic acids is 2. The van der Waals surface area contributed by atoms with Crippen molar-refractivity contribution in [1.29, 1.82) is 0 Å². The summed E-state index contributed by atoms with van der Waals surface area (Å²) in [5.41, 5.74) is 1.63. The quantitative estimate of drug-likeness (QED) is 0.565. The van der Waals surface area contributed by atoms with Gasteiger partial charge in [0.2, 0.25) is 5.91 Å². The summed E-state index contributed by atoms with van der Waals surface area (Å²) < 4.78 is 17.1. The number of nitrogens with one attached hydrogen (secondary N) is 1. The van der Waals surface area contributed by atoms with Crippen LogP contribution in [-0.4, -0.2) is 38.2 Å². The molecular formula is C25H32N2O5. The van der Waals surface area contributed by atoms with Gasteiger partial charge < -0.3 is 24.4 Å². The number of hydrogen-bond donors (Lipinski definition) is 1. The summed E-state index contributed by atoms with van der Waals surface area (Å²) in [6, 6.07) is 12.9. The number of carbonyl (C=O) groups is 2. The van der Waals surface area contributed by atoms with Crippen molar-refractivity contribution < 1.29 is 23.8 Å². The van der Waals surface area contributed by atoms with Gasteiger partial charge in [-0.2, -0.15) is 0 Å². The number of amides is 2. The maximum absolute atomic E-state index is 12.6. The SMILES string of the molecule is CCCOc1ccc(C(C)NC(=O)CCN2C(=O)COc3ccccc32)cc1OCCC. The smallest absolute Gasteiger partial charge is 0.265 e. The van der Waals surface area contributed by atoms with E-state index in [0.717, 1.165) is 18.4 Å². The Kier molecular flexibility index (Phi) is 8.36. The molecule has 2 aromatic carbocycles. The van der Waals surface area contributed by atoms with Gasteiger partial charge in [-0.3, -0.25) is 9.59 Å². The van der Waals surface area contributed by atoms with Crippen LogP contribution in [0.3, 0.4) is 0 Å². The van der Waals surface area contributed by atoms with Crippen LogP contribution in [0.15, 0.2) is 42.5 Å². The third kappa shape index (κ3) is 5.93. The first-order valence-corrected chi connectivity index (χ1v) is 11.2. The van der Waals surface area contributed by atoms with Crippen LogP contribution in [0.5, 0.6) is 17.2 Å². The van der Waals surface area contributed by atoms with Gasteiger partial charge in [-0.25, -0.2) is 0 Å². The van der Waals surface area contributed by atoms with E-state index >= 15 is 0 Å². The minimum absolute atomic E-state index is 0.0119. The fraction of sp³-hybridized carbons (Fsp3) is 0.440. The molecule has 0 bridgehead atoms. The molecule has 0 aromatic heterocycles. The van der Waals surface area contributed by atoms with Crippen molar-refractivity contribution in [2.24, 2.45) is 0 Å². The second kappa shape index (κ2) is 11.4. The number of fused-ring (bicyclic) bond motifs is 1. The average Bonchev–Trinajstić information content (AvgIpc) is 2.80. The van der Waals surface area contributed by atoms with Gasteiger partial charge in [0, 0.05) is 13.0 Å². The Morgan fingerprint density at radius 3 is 2.56 bits per heavy atom. The summed E-state index contributed by atoms with van der Waals surface area (Å²) in [7, 11) is 0. The predicted molar refractivity (Wildman–Crippen MR) is 123 cm³/mol. The molecule has 1 heterocycles. The lowest BCUT2D eigenvalue weighted by Crippen LogP contribution is -2.41. The van der Waals surface area contributed by atoms with E-state index in [1.54, 1.807) is 4.90 Å². The first-order valence-electron chi connectivity index (χ1n) is 11.2. The maximum Gasteiger partial charge on any atom is 0.265 e. The average molecular weight is 441 g/mol. The fourth-order valence-corrected chi connectivity index (χ4v) is 3.46. The summed E-state index contributed by atoms with van der Waals surface area (Å²) in [5.74, 6) is 1.79. The van der Waals surface area contributed by atoms with Crippen LogP contribution in [-0.2, 0) is 9.59 Å². The van der Waals surface area contributed by atoms with Gasteiger partial charge in [-0.1, -0.05) is 32.0 Å². The highest BCUT2D eigenvalue weighted by molar-refractivity contribution is 5.98. The molecule has 1 aliphatic rings. The van der Waals surface area contributed by atoms with Gasteiger partial charge in [0.05, 0.1) is 24.9 Å². The molecule has 1 aliphatic heterocycles. The van der Waals surface area contributed by atoms with Crippen LogP contribution in [0.25, 0.3) is 0 Å². The van der Waals surface area contributed by atoms with E-state index in [9.17, 15) is 9.59 Å². The number of para-hydroxylation sites is 2. The van der Waals surface area contributed by atoms with E-state index < -0.39 is 0 Å². The summed E-state index contributed by atoms with van der Waals surface area (Å²) in [5, 5.41) is 3.02. The van der Waals surface area contributed by atoms with Crippen LogP contribution in [0.1, 0.15) is 51.6 Å². The standard InChI is InChI=1S/C25H32N2O5/c1-4-14-30-22-11-10-19(16-23(22)31-15-5-2)18(3)26-24(28)12-13-27-20-8-6-7-9-21(20)32-17-25(27)29/h6-11,16,18H,4-5,12-15,17H2,1-3H3,(H,26,28). The summed E-state index contributed by atoms with van der Waals surface area (Å²) in [4.78, 5) is 26.5. The Labute approximate surface area is 189 Å². The maximum atomic E-state index is 12.6. The van der Waals surface area contributed by atoms with Crippen LogP contribution in [0.2, 0.25) is 0 Å². The molecular weight excluding hydrogens is 408 g/mol. The first-order chi connectivity index (χ1) is 15.5. The molecule has 2 amide bonds. The number of rotatable bonds is 11. The van der Waals surface area contributed by atoms with Crippen molar-refractivity contribution >= 4 is 17.5 Å². The number of ether oxygens (including phenoxy) is 3. The van der Waals surface area contributed by atoms with Gasteiger partial charge >= 0.3 is 0 Å². The monoisotopic (exact) mass is 440 g/mol. The largest absolute Gasteiger partial charge is 0.490 e. The van der Waals surface area contributed by atoms with E-state index in [4.69, 9.17) is 14.2 Å². The van der Waals surface area contributed by atoms with Gasteiger partial charge in [0.25, 0.3) is 5.91 Å². The van der Waals surface area contributed by atoms with E-state index in [-0.39, 0.29) is 30.9 Å². The highest BCUT2D eigenvalue weighted by atomic mass is 16.5. The van der Waals surface area contributed by atoms with E-state index in [2.05, 4.69) is 19.2 Å². The van der Waals surface area contributed by atoms with E-state index in [1.165, 1.54) is 0 Å². The van der Waals surface area contributed by atoms with E-state index in [1.807, 2.05) is 49.4 Å². The lowest BCUT2D eigenvalue weighted by atomic mass is 10.1. The summed E-state index contributed by atoms with van der Waals surface area (Å²) in [6.07, 6.45) is 2.01. The highest BCUT2D eigenvalue weighted by Gasteiger charge is 2.25. The van der Waals surface area contributed by atoms with E-state index in [0.29, 0.717) is 42.7 Å². The molecule has 0 radical (unpaired) electrons. The molecule has 0 fully saturated rings. The first kappa shape index (κ1) is 23.4. The molecule has 0 saturated heterocycles. The molecule has 2 aromatic rings. The number of anilines is 1. The second-order valence-corrected chi connectivity index (χ2v) is 7.74. The second-order valence-electron chi connectivity index (χ2n) is 7.74. The lowest BCUT2D eigenvalue weighted by Gasteiger charge is -2.29. The van der Waals surface area contributed by atoms with Crippen molar-refractivity contribution in [2.45, 2.75) is 46.1 Å². The molecule has 3 rings (SSSR count). The minimum atomic E-state index is -0.209. The predicted octanol–water partition coefficient (Wildman–Crippen LogP) is 4.26. The summed E-state index contributed by atoms with van der Waals surface area (Å²) in [6.45, 7) is 7.55. The van der Waals surface area contributed by atoms with Crippen molar-refractivity contribution in [2.75, 3.05) is 31.3 Å². The fourth-order valence-electron chi connectivity index (χ4n) is 3.46.